The van der Waals surface area contributed by atoms with Gasteiger partial charge in [-0.2, -0.15) is 0 Å². The van der Waals surface area contributed by atoms with Crippen molar-refractivity contribution in [1.82, 2.24) is 0 Å². The number of aliphatic hydroxyl groups is 1. The summed E-state index contributed by atoms with van der Waals surface area (Å²) in [6.07, 6.45) is 54.1. The molecular formula is C79H154O17P2. The number of carbonyl (C=O) groups is 4. The molecule has 0 spiro atoms. The number of unbranched alkanes of at least 4 members (excludes halogenated alkanes) is 42. The van der Waals surface area contributed by atoms with Gasteiger partial charge in [0.1, 0.15) is 19.3 Å². The molecule has 0 aliphatic rings. The van der Waals surface area contributed by atoms with Crippen LogP contribution in [0.5, 0.6) is 0 Å². The van der Waals surface area contributed by atoms with Gasteiger partial charge in [-0.05, 0) is 49.4 Å². The SMILES string of the molecule is CC(C)CCCCCCCCCCCCCCCCCCC(=O)O[C@H](COC(=O)CCCCCCCCCCCCCC(C)C)COP(=O)(O)OCC(O)COP(=O)(O)OC[C@@H](COC(=O)CCCCCCCCCCC(C)C)OC(=O)CCCCCCCCCCCCCC(C)C. The van der Waals surface area contributed by atoms with E-state index in [1.165, 1.54) is 205 Å². The lowest BCUT2D eigenvalue weighted by atomic mass is 10.0. The van der Waals surface area contributed by atoms with Crippen molar-refractivity contribution < 1.29 is 80.2 Å². The third kappa shape index (κ3) is 72.4. The lowest BCUT2D eigenvalue weighted by molar-refractivity contribution is -0.161. The molecule has 0 bridgehead atoms. The molecule has 3 unspecified atom stereocenters. The number of phosphoric acid groups is 2. The molecule has 0 heterocycles. The largest absolute Gasteiger partial charge is 0.472 e. The Kier molecular flexibility index (Phi) is 66.8. The van der Waals surface area contributed by atoms with Crippen LogP contribution >= 0.6 is 15.6 Å². The predicted octanol–water partition coefficient (Wildman–Crippen LogP) is 23.2. The van der Waals surface area contributed by atoms with Crippen LogP contribution < -0.4 is 0 Å². The van der Waals surface area contributed by atoms with E-state index in [4.69, 9.17) is 37.0 Å². The first-order valence-electron chi connectivity index (χ1n) is 40.7. The molecule has 0 amide bonds. The summed E-state index contributed by atoms with van der Waals surface area (Å²) in [5.41, 5.74) is 0. The lowest BCUT2D eigenvalue weighted by Crippen LogP contribution is -2.30. The lowest BCUT2D eigenvalue weighted by Gasteiger charge is -2.21. The molecule has 0 aliphatic heterocycles. The van der Waals surface area contributed by atoms with E-state index in [9.17, 15) is 43.2 Å². The molecule has 0 saturated carbocycles. The van der Waals surface area contributed by atoms with Crippen molar-refractivity contribution in [3.05, 3.63) is 0 Å². The van der Waals surface area contributed by atoms with Gasteiger partial charge in [-0.15, -0.1) is 0 Å². The van der Waals surface area contributed by atoms with Crippen molar-refractivity contribution in [2.75, 3.05) is 39.6 Å². The second-order valence-electron chi connectivity index (χ2n) is 30.4. The quantitative estimate of drug-likeness (QED) is 0.0222. The Morgan fingerprint density at radius 1 is 0.255 bits per heavy atom. The van der Waals surface area contributed by atoms with Gasteiger partial charge < -0.3 is 33.8 Å². The maximum atomic E-state index is 13.1. The molecule has 0 aromatic rings. The summed E-state index contributed by atoms with van der Waals surface area (Å²) in [5.74, 6) is 0.955. The van der Waals surface area contributed by atoms with Crippen LogP contribution in [0.4, 0.5) is 0 Å². The number of phosphoric ester groups is 2. The van der Waals surface area contributed by atoms with Crippen LogP contribution in [-0.4, -0.2) is 96.7 Å². The molecule has 19 heteroatoms. The van der Waals surface area contributed by atoms with Crippen molar-refractivity contribution in [2.24, 2.45) is 23.7 Å². The summed E-state index contributed by atoms with van der Waals surface area (Å²) in [4.78, 5) is 73.0. The van der Waals surface area contributed by atoms with Gasteiger partial charge in [-0.3, -0.25) is 37.3 Å². The van der Waals surface area contributed by atoms with Crippen molar-refractivity contribution in [2.45, 2.75) is 420 Å². The number of rotatable bonds is 76. The smallest absolute Gasteiger partial charge is 0.462 e. The molecule has 17 nitrogen and oxygen atoms in total. The fourth-order valence-electron chi connectivity index (χ4n) is 12.1. The highest BCUT2D eigenvalue weighted by Crippen LogP contribution is 2.45. The number of ether oxygens (including phenoxy) is 4. The number of esters is 4. The molecule has 0 aromatic carbocycles. The van der Waals surface area contributed by atoms with Gasteiger partial charge in [0.25, 0.3) is 0 Å². The van der Waals surface area contributed by atoms with Gasteiger partial charge >= 0.3 is 39.5 Å². The first-order valence-corrected chi connectivity index (χ1v) is 43.7. The maximum Gasteiger partial charge on any atom is 0.472 e. The standard InChI is InChI=1S/C79H154O17P2/c1-69(2)55-47-39-31-23-17-13-11-9-10-12-14-20-27-37-45-53-61-78(83)95-74(65-89-76(81)59-51-43-35-26-21-15-18-24-32-40-48-56-70(3)4)67-93-97(85,86)91-63-73(80)64-92-98(87,88)94-68-75(66-90-77(82)60-52-44-36-30-29-34-42-50-58-72(7)8)96-79(84)62-54-46-38-28-22-16-19-25-33-41-49-57-71(5)6/h69-75,80H,9-68H2,1-8H3,(H,85,86)(H,87,88)/t73?,74-,75-/m1/s1. The fourth-order valence-corrected chi connectivity index (χ4v) is 13.7. The molecule has 0 fully saturated rings. The first-order chi connectivity index (χ1) is 47.1. The van der Waals surface area contributed by atoms with Crippen molar-refractivity contribution in [1.29, 1.82) is 0 Å². The minimum atomic E-state index is -4.96. The van der Waals surface area contributed by atoms with E-state index in [1.807, 2.05) is 0 Å². The summed E-state index contributed by atoms with van der Waals surface area (Å²) >= 11 is 0. The van der Waals surface area contributed by atoms with E-state index in [0.717, 1.165) is 114 Å². The summed E-state index contributed by atoms with van der Waals surface area (Å²) in [6, 6.07) is 0. The van der Waals surface area contributed by atoms with E-state index in [2.05, 4.69) is 55.4 Å². The molecule has 0 aliphatic carbocycles. The second kappa shape index (κ2) is 68.2. The molecule has 582 valence electrons. The monoisotopic (exact) mass is 1440 g/mol. The van der Waals surface area contributed by atoms with Crippen LogP contribution in [0.25, 0.3) is 0 Å². The normalized spacial score (nSPS) is 14.1. The van der Waals surface area contributed by atoms with Crippen molar-refractivity contribution in [3.63, 3.8) is 0 Å². The third-order valence-corrected chi connectivity index (χ3v) is 20.2. The topological polar surface area (TPSA) is 237 Å². The number of hydrogen-bond acceptors (Lipinski definition) is 15. The average Bonchev–Trinajstić information content (AvgIpc) is 1.01. The van der Waals surface area contributed by atoms with E-state index >= 15 is 0 Å². The number of carbonyl (C=O) groups excluding carboxylic acids is 4. The van der Waals surface area contributed by atoms with Crippen molar-refractivity contribution in [3.8, 4) is 0 Å². The summed E-state index contributed by atoms with van der Waals surface area (Å²) in [6.45, 7) is 14.2. The summed E-state index contributed by atoms with van der Waals surface area (Å²) in [5, 5.41) is 10.6. The number of aliphatic hydroxyl groups excluding tert-OH is 1. The maximum absolute atomic E-state index is 13.1. The predicted molar refractivity (Wildman–Crippen MR) is 400 cm³/mol. The highest BCUT2D eigenvalue weighted by atomic mass is 31.2. The van der Waals surface area contributed by atoms with Crippen LogP contribution in [0, 0.1) is 23.7 Å². The van der Waals surface area contributed by atoms with Crippen LogP contribution in [0.3, 0.4) is 0 Å². The minimum absolute atomic E-state index is 0.106. The fraction of sp³-hybridized carbons (Fsp3) is 0.949. The van der Waals surface area contributed by atoms with Gasteiger partial charge in [-0.1, -0.05) is 351 Å². The molecule has 0 aromatic heterocycles. The van der Waals surface area contributed by atoms with E-state index in [1.54, 1.807) is 0 Å². The molecular weight excluding hydrogens is 1280 g/mol. The van der Waals surface area contributed by atoms with E-state index in [0.29, 0.717) is 25.7 Å². The van der Waals surface area contributed by atoms with E-state index in [-0.39, 0.29) is 25.7 Å². The Labute approximate surface area is 600 Å². The molecule has 3 N–H and O–H groups in total. The molecule has 0 saturated heterocycles. The van der Waals surface area contributed by atoms with Crippen molar-refractivity contribution >= 4 is 39.5 Å². The Balaban J connectivity index is 5.25. The van der Waals surface area contributed by atoms with Gasteiger partial charge in [-0.25, -0.2) is 9.13 Å². The summed E-state index contributed by atoms with van der Waals surface area (Å²) in [7, 11) is -9.92. The van der Waals surface area contributed by atoms with Crippen LogP contribution in [-0.2, 0) is 65.4 Å². The van der Waals surface area contributed by atoms with Gasteiger partial charge in [0.05, 0.1) is 26.4 Å². The molecule has 0 radical (unpaired) electrons. The first kappa shape index (κ1) is 96.1. The molecule has 5 atom stereocenters. The second-order valence-corrected chi connectivity index (χ2v) is 33.3. The van der Waals surface area contributed by atoms with Gasteiger partial charge in [0.15, 0.2) is 12.2 Å². The Morgan fingerprint density at radius 3 is 0.633 bits per heavy atom. The van der Waals surface area contributed by atoms with Crippen LogP contribution in [0.1, 0.15) is 402 Å². The number of hydrogen-bond donors (Lipinski definition) is 3. The highest BCUT2D eigenvalue weighted by molar-refractivity contribution is 7.47. The molecule has 0 rings (SSSR count). The third-order valence-electron chi connectivity index (χ3n) is 18.3. The zero-order valence-electron chi connectivity index (χ0n) is 64.4. The van der Waals surface area contributed by atoms with E-state index < -0.39 is 97.5 Å². The average molecular weight is 1440 g/mol. The van der Waals surface area contributed by atoms with Gasteiger partial charge in [0.2, 0.25) is 0 Å². The van der Waals surface area contributed by atoms with Gasteiger partial charge in [0, 0.05) is 25.7 Å². The molecule has 98 heavy (non-hydrogen) atoms. The van der Waals surface area contributed by atoms with Crippen LogP contribution in [0.15, 0.2) is 0 Å². The zero-order chi connectivity index (χ0) is 72.4. The Bertz CT molecular complexity index is 1920. The Hall–Kier alpha value is -1.94. The Morgan fingerprint density at radius 2 is 0.429 bits per heavy atom. The highest BCUT2D eigenvalue weighted by Gasteiger charge is 2.30. The minimum Gasteiger partial charge on any atom is -0.462 e. The summed E-state index contributed by atoms with van der Waals surface area (Å²) < 4.78 is 68.7. The zero-order valence-corrected chi connectivity index (χ0v) is 66.2. The van der Waals surface area contributed by atoms with Crippen LogP contribution in [0.2, 0.25) is 0 Å².